The second-order valence-corrected chi connectivity index (χ2v) is 14.6. The summed E-state index contributed by atoms with van der Waals surface area (Å²) in [5.74, 6) is 6.88. The van der Waals surface area contributed by atoms with E-state index < -0.39 is 0 Å². The number of aromatic nitrogens is 4. The molecule has 0 aliphatic heterocycles. The van der Waals surface area contributed by atoms with Gasteiger partial charge in [-0.3, -0.25) is 0 Å². The van der Waals surface area contributed by atoms with E-state index in [-0.39, 0.29) is 0 Å². The molecule has 0 saturated carbocycles. The second-order valence-electron chi connectivity index (χ2n) is 14.6. The van der Waals surface area contributed by atoms with Gasteiger partial charge in [0.15, 0.2) is 0 Å². The van der Waals surface area contributed by atoms with Gasteiger partial charge in [0.05, 0.1) is 23.3 Å². The summed E-state index contributed by atoms with van der Waals surface area (Å²) in [5, 5.41) is 15.8. The third kappa shape index (κ3) is 11.6. The first-order valence-corrected chi connectivity index (χ1v) is 17.1. The van der Waals surface area contributed by atoms with E-state index in [0.29, 0.717) is 47.3 Å². The molecule has 0 N–H and O–H groups in total. The lowest BCUT2D eigenvalue weighted by Crippen LogP contribution is -1.97. The van der Waals surface area contributed by atoms with Crippen LogP contribution in [0.15, 0.2) is 30.6 Å². The van der Waals surface area contributed by atoms with Crippen LogP contribution >= 0.6 is 0 Å². The zero-order chi connectivity index (χ0) is 35.5. The summed E-state index contributed by atoms with van der Waals surface area (Å²) < 4.78 is 20.5. The molecule has 0 aliphatic rings. The van der Waals surface area contributed by atoms with E-state index in [9.17, 15) is 0 Å². The van der Waals surface area contributed by atoms with E-state index in [1.54, 1.807) is 6.26 Å². The molecule has 8 nitrogen and oxygen atoms in total. The van der Waals surface area contributed by atoms with Crippen LogP contribution in [-0.4, -0.2) is 20.6 Å². The van der Waals surface area contributed by atoms with Crippen molar-refractivity contribution < 1.29 is 18.1 Å². The maximum atomic E-state index is 5.27. The summed E-state index contributed by atoms with van der Waals surface area (Å²) in [6.07, 6.45) is 3.57. The van der Waals surface area contributed by atoms with E-state index in [0.717, 1.165) is 34.4 Å². The summed E-state index contributed by atoms with van der Waals surface area (Å²) in [6.45, 7) is 38.3. The summed E-state index contributed by atoms with van der Waals surface area (Å²) in [4.78, 5) is 0. The standard InChI is InChI=1S/2C10H17NO.2C9H15NO/c1-6(2)9-8(5)12-11-10(9)7(3)4;1-6(2)9-8(5)11-12-10(9)7(3)4;1-6(2)8-5-11-10-9(8)7(3)4;1-6(2)8-5-10-11-9(8)7(3)4/h2*6-7H,1-5H3;2*5-7H,1-4H3. The number of aryl methyl sites for hydroxylation is 2. The van der Waals surface area contributed by atoms with Gasteiger partial charge < -0.3 is 18.1 Å². The summed E-state index contributed by atoms with van der Waals surface area (Å²) in [5.41, 5.74) is 8.28. The van der Waals surface area contributed by atoms with E-state index in [4.69, 9.17) is 18.1 Å². The predicted octanol–water partition coefficient (Wildman–Crippen LogP) is 12.3. The average molecular weight is 641 g/mol. The number of hydrogen-bond donors (Lipinski definition) is 0. The molecule has 260 valence electrons. The Morgan fingerprint density at radius 1 is 0.457 bits per heavy atom. The van der Waals surface area contributed by atoms with E-state index in [2.05, 4.69) is 131 Å². The van der Waals surface area contributed by atoms with Gasteiger partial charge in [-0.15, -0.1) is 0 Å². The maximum absolute atomic E-state index is 5.27. The van der Waals surface area contributed by atoms with Crippen LogP contribution in [0.5, 0.6) is 0 Å². The van der Waals surface area contributed by atoms with Crippen molar-refractivity contribution >= 4 is 0 Å². The fourth-order valence-electron chi connectivity index (χ4n) is 5.28. The molecular formula is C38H64N4O4. The summed E-state index contributed by atoms with van der Waals surface area (Å²) >= 11 is 0. The molecule has 4 aromatic rings. The van der Waals surface area contributed by atoms with Gasteiger partial charge in [0, 0.05) is 34.1 Å². The monoisotopic (exact) mass is 640 g/mol. The Morgan fingerprint density at radius 2 is 0.978 bits per heavy atom. The Labute approximate surface area is 279 Å². The highest BCUT2D eigenvalue weighted by Crippen LogP contribution is 2.29. The van der Waals surface area contributed by atoms with Gasteiger partial charge in [-0.25, -0.2) is 0 Å². The van der Waals surface area contributed by atoms with Crippen LogP contribution < -0.4 is 0 Å². The maximum Gasteiger partial charge on any atom is 0.142 e. The number of rotatable bonds is 8. The Balaban J connectivity index is 0.000000307. The highest BCUT2D eigenvalue weighted by Gasteiger charge is 2.19. The summed E-state index contributed by atoms with van der Waals surface area (Å²) in [7, 11) is 0. The molecule has 0 spiro atoms. The number of nitrogens with zero attached hydrogens (tertiary/aromatic N) is 4. The van der Waals surface area contributed by atoms with Gasteiger partial charge >= 0.3 is 0 Å². The molecular weight excluding hydrogens is 576 g/mol. The molecule has 8 heteroatoms. The zero-order valence-electron chi connectivity index (χ0n) is 32.2. The lowest BCUT2D eigenvalue weighted by molar-refractivity contribution is 0.365. The van der Waals surface area contributed by atoms with E-state index >= 15 is 0 Å². The molecule has 0 atom stereocenters. The van der Waals surface area contributed by atoms with Crippen LogP contribution in [0.25, 0.3) is 0 Å². The second kappa shape index (κ2) is 18.9. The lowest BCUT2D eigenvalue weighted by Gasteiger charge is -2.07. The first kappa shape index (κ1) is 40.9. The van der Waals surface area contributed by atoms with Gasteiger partial charge in [0.2, 0.25) is 0 Å². The van der Waals surface area contributed by atoms with Crippen LogP contribution in [0, 0.1) is 13.8 Å². The van der Waals surface area contributed by atoms with Gasteiger partial charge in [0.1, 0.15) is 23.5 Å². The minimum absolute atomic E-state index is 0.434. The van der Waals surface area contributed by atoms with Crippen LogP contribution in [0.2, 0.25) is 0 Å². The van der Waals surface area contributed by atoms with Crippen molar-refractivity contribution in [1.29, 1.82) is 0 Å². The highest BCUT2D eigenvalue weighted by molar-refractivity contribution is 5.28. The third-order valence-corrected chi connectivity index (χ3v) is 7.67. The van der Waals surface area contributed by atoms with Crippen LogP contribution in [0.4, 0.5) is 0 Å². The van der Waals surface area contributed by atoms with Gasteiger partial charge in [-0.05, 0) is 49.4 Å². The molecule has 0 aliphatic carbocycles. The average Bonchev–Trinajstić information content (AvgIpc) is 3.74. The first-order chi connectivity index (χ1) is 21.3. The van der Waals surface area contributed by atoms with Crippen LogP contribution in [-0.2, 0) is 0 Å². The fourth-order valence-corrected chi connectivity index (χ4v) is 5.28. The van der Waals surface area contributed by atoms with Crippen molar-refractivity contribution in [2.24, 2.45) is 0 Å². The molecule has 4 heterocycles. The topological polar surface area (TPSA) is 104 Å². The molecule has 0 radical (unpaired) electrons. The Hall–Kier alpha value is -3.16. The predicted molar refractivity (Wildman–Crippen MR) is 188 cm³/mol. The Bertz CT molecular complexity index is 1250. The third-order valence-electron chi connectivity index (χ3n) is 7.67. The minimum atomic E-state index is 0.434. The van der Waals surface area contributed by atoms with Crippen LogP contribution in [0.3, 0.4) is 0 Å². The lowest BCUT2D eigenvalue weighted by atomic mass is 9.96. The number of hydrogen-bond acceptors (Lipinski definition) is 8. The van der Waals surface area contributed by atoms with Crippen molar-refractivity contribution in [2.45, 2.75) is 172 Å². The van der Waals surface area contributed by atoms with E-state index in [1.165, 1.54) is 22.3 Å². The zero-order valence-corrected chi connectivity index (χ0v) is 32.2. The van der Waals surface area contributed by atoms with E-state index in [1.807, 2.05) is 20.0 Å². The molecule has 0 bridgehead atoms. The summed E-state index contributed by atoms with van der Waals surface area (Å²) in [6, 6.07) is 0. The molecule has 0 amide bonds. The smallest absolute Gasteiger partial charge is 0.142 e. The SMILES string of the molecule is CC(C)c1cnoc1C(C)C.CC(C)c1conc1C(C)C.Cc1noc(C(C)C)c1C(C)C.Cc1onc(C(C)C)c1C(C)C. The van der Waals surface area contributed by atoms with Crippen molar-refractivity contribution in [2.75, 3.05) is 0 Å². The van der Waals surface area contributed by atoms with Crippen LogP contribution in [0.1, 0.15) is 215 Å². The van der Waals surface area contributed by atoms with Crippen molar-refractivity contribution in [3.05, 3.63) is 69.1 Å². The Morgan fingerprint density at radius 3 is 1.33 bits per heavy atom. The molecule has 4 aromatic heterocycles. The molecule has 0 fully saturated rings. The largest absolute Gasteiger partial charge is 0.364 e. The molecule has 0 aromatic carbocycles. The highest BCUT2D eigenvalue weighted by atomic mass is 16.5. The fraction of sp³-hybridized carbons (Fsp3) is 0.684. The molecule has 0 unspecified atom stereocenters. The van der Waals surface area contributed by atoms with Crippen molar-refractivity contribution in [1.82, 2.24) is 20.6 Å². The quantitative estimate of drug-likeness (QED) is 0.187. The van der Waals surface area contributed by atoms with Crippen molar-refractivity contribution in [3.8, 4) is 0 Å². The van der Waals surface area contributed by atoms with Gasteiger partial charge in [-0.1, -0.05) is 131 Å². The molecule has 46 heavy (non-hydrogen) atoms. The normalized spacial score (nSPS) is 11.5. The molecule has 4 rings (SSSR count). The minimum Gasteiger partial charge on any atom is -0.364 e. The van der Waals surface area contributed by atoms with Crippen molar-refractivity contribution in [3.63, 3.8) is 0 Å². The molecule has 0 saturated heterocycles. The Kier molecular flexibility index (Phi) is 16.7. The van der Waals surface area contributed by atoms with Gasteiger partial charge in [0.25, 0.3) is 0 Å². The van der Waals surface area contributed by atoms with Gasteiger partial charge in [-0.2, -0.15) is 0 Å². The first-order valence-electron chi connectivity index (χ1n) is 17.1.